The summed E-state index contributed by atoms with van der Waals surface area (Å²) in [5, 5.41) is 15.1. The molecular weight excluding hydrogens is 577 g/mol. The first-order valence-electron chi connectivity index (χ1n) is 12.3. The zero-order chi connectivity index (χ0) is 29.4. The SMILES string of the molecule is O=C(O)CCSCc1cccc(C(=O)Nc2ccc(Cl)cc2-c2cc(NCc3cccc(C(F)(F)F)c3)ncn2)c1. The molecule has 0 atom stereocenters. The van der Waals surface area contributed by atoms with Crippen LogP contribution in [0, 0.1) is 0 Å². The number of halogens is 4. The van der Waals surface area contributed by atoms with Gasteiger partial charge in [-0.2, -0.15) is 24.9 Å². The van der Waals surface area contributed by atoms with E-state index in [4.69, 9.17) is 16.7 Å². The van der Waals surface area contributed by atoms with E-state index in [0.29, 0.717) is 50.4 Å². The number of nitrogens with zero attached hydrogens (tertiary/aromatic N) is 2. The minimum Gasteiger partial charge on any atom is -0.481 e. The standard InChI is InChI=1S/C29H24ClF3N4O3S/c30-22-7-8-24(37-28(40)20-5-1-4-19(11-20)16-41-10-9-27(38)39)23(13-22)25-14-26(36-17-35-25)34-15-18-3-2-6-21(12-18)29(31,32)33/h1-8,11-14,17H,9-10,15-16H2,(H,37,40)(H,38,39)(H,34,35,36). The van der Waals surface area contributed by atoms with E-state index in [1.165, 1.54) is 24.2 Å². The number of thioether (sulfide) groups is 1. The van der Waals surface area contributed by atoms with Gasteiger partial charge in [0.05, 0.1) is 23.4 Å². The van der Waals surface area contributed by atoms with Gasteiger partial charge in [-0.15, -0.1) is 0 Å². The van der Waals surface area contributed by atoms with Gasteiger partial charge in [-0.1, -0.05) is 35.9 Å². The number of aliphatic carboxylic acids is 1. The molecule has 0 fully saturated rings. The minimum absolute atomic E-state index is 0.0652. The number of benzene rings is 3. The van der Waals surface area contributed by atoms with Gasteiger partial charge < -0.3 is 15.7 Å². The van der Waals surface area contributed by atoms with Crippen molar-refractivity contribution in [1.82, 2.24) is 9.97 Å². The third kappa shape index (κ3) is 8.70. The third-order valence-corrected chi connectivity index (χ3v) is 7.08. The summed E-state index contributed by atoms with van der Waals surface area (Å²) in [5.41, 5.74) is 2.41. The van der Waals surface area contributed by atoms with Crippen LogP contribution in [-0.2, 0) is 23.3 Å². The number of carboxylic acid groups (broad SMARTS) is 1. The van der Waals surface area contributed by atoms with Crippen molar-refractivity contribution in [1.29, 1.82) is 0 Å². The fourth-order valence-corrected chi connectivity index (χ4v) is 4.89. The largest absolute Gasteiger partial charge is 0.481 e. The first kappa shape index (κ1) is 29.9. The van der Waals surface area contributed by atoms with Crippen LogP contribution in [0.15, 0.2) is 79.1 Å². The molecule has 0 radical (unpaired) electrons. The zero-order valence-electron chi connectivity index (χ0n) is 21.4. The molecule has 0 aliphatic rings. The average molecular weight is 601 g/mol. The van der Waals surface area contributed by atoms with Crippen molar-refractivity contribution in [2.75, 3.05) is 16.4 Å². The molecule has 7 nitrogen and oxygen atoms in total. The molecule has 4 aromatic rings. The quantitative estimate of drug-likeness (QED) is 0.154. The number of carbonyl (C=O) groups is 2. The summed E-state index contributed by atoms with van der Waals surface area (Å²) in [4.78, 5) is 32.3. The molecule has 4 rings (SSSR count). The molecule has 0 unspecified atom stereocenters. The van der Waals surface area contributed by atoms with Crippen molar-refractivity contribution >= 4 is 46.7 Å². The molecule has 41 heavy (non-hydrogen) atoms. The van der Waals surface area contributed by atoms with Crippen LogP contribution in [0.2, 0.25) is 5.02 Å². The van der Waals surface area contributed by atoms with E-state index in [9.17, 15) is 22.8 Å². The number of hydrogen-bond donors (Lipinski definition) is 3. The predicted octanol–water partition coefficient (Wildman–Crippen LogP) is 7.39. The Bertz CT molecular complexity index is 1550. The highest BCUT2D eigenvalue weighted by atomic mass is 35.5. The Balaban J connectivity index is 1.48. The highest BCUT2D eigenvalue weighted by molar-refractivity contribution is 7.98. The van der Waals surface area contributed by atoms with Gasteiger partial charge in [0.25, 0.3) is 5.91 Å². The maximum absolute atomic E-state index is 13.1. The molecule has 3 aromatic carbocycles. The van der Waals surface area contributed by atoms with Gasteiger partial charge >= 0.3 is 12.1 Å². The van der Waals surface area contributed by atoms with E-state index in [1.54, 1.807) is 48.5 Å². The number of anilines is 2. The number of aromatic nitrogens is 2. The van der Waals surface area contributed by atoms with Gasteiger partial charge in [-0.25, -0.2) is 9.97 Å². The van der Waals surface area contributed by atoms with Crippen LogP contribution in [0.1, 0.15) is 33.5 Å². The van der Waals surface area contributed by atoms with Gasteiger partial charge in [-0.05, 0) is 53.6 Å². The maximum atomic E-state index is 13.1. The Labute approximate surface area is 243 Å². The van der Waals surface area contributed by atoms with Crippen LogP contribution in [0.4, 0.5) is 24.7 Å². The first-order chi connectivity index (χ1) is 19.6. The van der Waals surface area contributed by atoms with E-state index in [-0.39, 0.29) is 18.9 Å². The number of carbonyl (C=O) groups excluding carboxylic acids is 1. The molecule has 12 heteroatoms. The van der Waals surface area contributed by atoms with Crippen molar-refractivity contribution in [2.45, 2.75) is 24.9 Å². The Morgan fingerprint density at radius 1 is 0.951 bits per heavy atom. The molecule has 0 spiro atoms. The lowest BCUT2D eigenvalue weighted by atomic mass is 10.1. The van der Waals surface area contributed by atoms with Crippen molar-refractivity contribution in [3.63, 3.8) is 0 Å². The number of hydrogen-bond acceptors (Lipinski definition) is 6. The van der Waals surface area contributed by atoms with Crippen molar-refractivity contribution in [2.24, 2.45) is 0 Å². The molecule has 0 aliphatic carbocycles. The Morgan fingerprint density at radius 3 is 2.51 bits per heavy atom. The molecule has 3 N–H and O–H groups in total. The highest BCUT2D eigenvalue weighted by Crippen LogP contribution is 2.32. The van der Waals surface area contributed by atoms with Crippen LogP contribution < -0.4 is 10.6 Å². The monoisotopic (exact) mass is 600 g/mol. The van der Waals surface area contributed by atoms with E-state index in [0.717, 1.165) is 17.7 Å². The fourth-order valence-electron chi connectivity index (χ4n) is 3.84. The number of nitrogens with one attached hydrogen (secondary N) is 2. The summed E-state index contributed by atoms with van der Waals surface area (Å²) < 4.78 is 39.1. The summed E-state index contributed by atoms with van der Waals surface area (Å²) in [6.45, 7) is 0.102. The van der Waals surface area contributed by atoms with Gasteiger partial charge in [0.15, 0.2) is 0 Å². The molecule has 1 heterocycles. The molecule has 1 amide bonds. The van der Waals surface area contributed by atoms with E-state index in [1.807, 2.05) is 6.07 Å². The van der Waals surface area contributed by atoms with E-state index in [2.05, 4.69) is 20.6 Å². The molecule has 0 saturated heterocycles. The lowest BCUT2D eigenvalue weighted by Crippen LogP contribution is -2.13. The van der Waals surface area contributed by atoms with Crippen molar-refractivity contribution in [3.05, 3.63) is 106 Å². The summed E-state index contributed by atoms with van der Waals surface area (Å²) >= 11 is 7.72. The zero-order valence-corrected chi connectivity index (χ0v) is 23.0. The second-order valence-corrected chi connectivity index (χ2v) is 10.4. The third-order valence-electron chi connectivity index (χ3n) is 5.82. The van der Waals surface area contributed by atoms with Crippen molar-refractivity contribution in [3.8, 4) is 11.3 Å². The Hall–Kier alpha value is -4.09. The van der Waals surface area contributed by atoms with Crippen LogP contribution >= 0.6 is 23.4 Å². The number of amides is 1. The van der Waals surface area contributed by atoms with Crippen molar-refractivity contribution < 1.29 is 27.9 Å². The van der Waals surface area contributed by atoms with Crippen LogP contribution in [0.3, 0.4) is 0 Å². The number of carboxylic acids is 1. The molecule has 1 aromatic heterocycles. The second-order valence-electron chi connectivity index (χ2n) is 8.88. The second kappa shape index (κ2) is 13.5. The van der Waals surface area contributed by atoms with E-state index >= 15 is 0 Å². The molecule has 0 saturated carbocycles. The summed E-state index contributed by atoms with van der Waals surface area (Å²) in [6, 6.07) is 18.6. The normalized spacial score (nSPS) is 11.2. The molecule has 212 valence electrons. The Kier molecular flexibility index (Phi) is 9.85. The maximum Gasteiger partial charge on any atom is 0.416 e. The minimum atomic E-state index is -4.44. The first-order valence-corrected chi connectivity index (χ1v) is 13.8. The predicted molar refractivity (Wildman–Crippen MR) is 154 cm³/mol. The lowest BCUT2D eigenvalue weighted by Gasteiger charge is -2.13. The average Bonchev–Trinajstić information content (AvgIpc) is 2.95. The number of alkyl halides is 3. The summed E-state index contributed by atoms with van der Waals surface area (Å²) in [7, 11) is 0. The summed E-state index contributed by atoms with van der Waals surface area (Å²) in [5.74, 6) is 0.195. The molecule has 0 aliphatic heterocycles. The molecular formula is C29H24ClF3N4O3S. The lowest BCUT2D eigenvalue weighted by molar-refractivity contribution is -0.138. The van der Waals surface area contributed by atoms with Gasteiger partial charge in [0.2, 0.25) is 0 Å². The van der Waals surface area contributed by atoms with Crippen LogP contribution in [0.5, 0.6) is 0 Å². The molecule has 0 bridgehead atoms. The van der Waals surface area contributed by atoms with Gasteiger partial charge in [0.1, 0.15) is 12.1 Å². The van der Waals surface area contributed by atoms with Crippen LogP contribution in [0.25, 0.3) is 11.3 Å². The summed E-state index contributed by atoms with van der Waals surface area (Å²) in [6.07, 6.45) is -3.06. The topological polar surface area (TPSA) is 104 Å². The highest BCUT2D eigenvalue weighted by Gasteiger charge is 2.30. The van der Waals surface area contributed by atoms with E-state index < -0.39 is 17.7 Å². The fraction of sp³-hybridized carbons (Fsp3) is 0.172. The van der Waals surface area contributed by atoms with Gasteiger partial charge in [-0.3, -0.25) is 9.59 Å². The number of rotatable bonds is 11. The Morgan fingerprint density at radius 2 is 1.73 bits per heavy atom. The van der Waals surface area contributed by atoms with Gasteiger partial charge in [0, 0.05) is 40.3 Å². The van der Waals surface area contributed by atoms with Crippen LogP contribution in [-0.4, -0.2) is 32.7 Å². The smallest absolute Gasteiger partial charge is 0.416 e.